The van der Waals surface area contributed by atoms with Crippen LogP contribution in [0, 0.1) is 5.82 Å². The average Bonchev–Trinajstić information content (AvgIpc) is 2.26. The molecule has 96 valence electrons. The highest BCUT2D eigenvalue weighted by molar-refractivity contribution is 5.53. The third-order valence-corrected chi connectivity index (χ3v) is 2.59. The van der Waals surface area contributed by atoms with E-state index in [1.165, 1.54) is 6.07 Å². The number of hydrogen-bond acceptors (Lipinski definition) is 3. The normalized spacial score (nSPS) is 10.9. The molecule has 0 amide bonds. The quantitative estimate of drug-likeness (QED) is 0.795. The van der Waals surface area contributed by atoms with Crippen molar-refractivity contribution in [1.82, 2.24) is 5.32 Å². The Morgan fingerprint density at radius 1 is 1.41 bits per heavy atom. The molecule has 0 spiro atoms. The molecule has 1 rings (SSSR count). The van der Waals surface area contributed by atoms with Gasteiger partial charge in [-0.15, -0.1) is 0 Å². The number of aliphatic hydroxyl groups is 1. The van der Waals surface area contributed by atoms with Crippen LogP contribution in [0.1, 0.15) is 19.4 Å². The minimum Gasteiger partial charge on any atom is -0.395 e. The lowest BCUT2D eigenvalue weighted by Gasteiger charge is -2.22. The first-order valence-electron chi connectivity index (χ1n) is 5.88. The van der Waals surface area contributed by atoms with E-state index in [1.54, 1.807) is 12.1 Å². The van der Waals surface area contributed by atoms with E-state index in [0.717, 1.165) is 11.3 Å². The number of rotatable bonds is 6. The SMILES string of the molecule is CC(C)NCc1cc(F)ccc1N(C)CCO. The Labute approximate surface area is 102 Å². The minimum absolute atomic E-state index is 0.0882. The van der Waals surface area contributed by atoms with Crippen molar-refractivity contribution < 1.29 is 9.50 Å². The van der Waals surface area contributed by atoms with Gasteiger partial charge in [0, 0.05) is 31.9 Å². The number of benzene rings is 1. The van der Waals surface area contributed by atoms with Crippen LogP contribution in [0.2, 0.25) is 0 Å². The smallest absolute Gasteiger partial charge is 0.123 e. The molecule has 1 aromatic rings. The zero-order chi connectivity index (χ0) is 12.8. The van der Waals surface area contributed by atoms with Gasteiger partial charge in [0.1, 0.15) is 5.82 Å². The van der Waals surface area contributed by atoms with Crippen LogP contribution in [0.15, 0.2) is 18.2 Å². The Morgan fingerprint density at radius 3 is 2.71 bits per heavy atom. The standard InChI is InChI=1S/C13H21FN2O/c1-10(2)15-9-11-8-12(14)4-5-13(11)16(3)6-7-17/h4-5,8,10,15,17H,6-7,9H2,1-3H3. The Kier molecular flexibility index (Phi) is 5.38. The van der Waals surface area contributed by atoms with Gasteiger partial charge in [0.2, 0.25) is 0 Å². The predicted octanol–water partition coefficient (Wildman–Crippen LogP) is 1.75. The summed E-state index contributed by atoms with van der Waals surface area (Å²) in [6.45, 7) is 5.36. The number of hydrogen-bond donors (Lipinski definition) is 2. The minimum atomic E-state index is -0.230. The fraction of sp³-hybridized carbons (Fsp3) is 0.538. The molecule has 0 fully saturated rings. The number of anilines is 1. The summed E-state index contributed by atoms with van der Waals surface area (Å²) in [5, 5.41) is 12.2. The average molecular weight is 240 g/mol. The van der Waals surface area contributed by atoms with Gasteiger partial charge < -0.3 is 15.3 Å². The fourth-order valence-corrected chi connectivity index (χ4v) is 1.65. The molecular weight excluding hydrogens is 219 g/mol. The van der Waals surface area contributed by atoms with Crippen LogP contribution in [0.4, 0.5) is 10.1 Å². The van der Waals surface area contributed by atoms with E-state index in [1.807, 2.05) is 11.9 Å². The first-order chi connectivity index (χ1) is 8.04. The summed E-state index contributed by atoms with van der Waals surface area (Å²) in [4.78, 5) is 1.93. The lowest BCUT2D eigenvalue weighted by atomic mass is 10.1. The van der Waals surface area contributed by atoms with Crippen molar-refractivity contribution in [3.8, 4) is 0 Å². The van der Waals surface area contributed by atoms with E-state index in [2.05, 4.69) is 19.2 Å². The molecule has 0 atom stereocenters. The summed E-state index contributed by atoms with van der Waals surface area (Å²) in [6.07, 6.45) is 0. The van der Waals surface area contributed by atoms with Gasteiger partial charge in [-0.2, -0.15) is 0 Å². The van der Waals surface area contributed by atoms with Gasteiger partial charge in [-0.05, 0) is 23.8 Å². The highest BCUT2D eigenvalue weighted by Crippen LogP contribution is 2.20. The first kappa shape index (κ1) is 13.9. The summed E-state index contributed by atoms with van der Waals surface area (Å²) >= 11 is 0. The summed E-state index contributed by atoms with van der Waals surface area (Å²) in [5.41, 5.74) is 1.86. The zero-order valence-electron chi connectivity index (χ0n) is 10.7. The van der Waals surface area contributed by atoms with Crippen molar-refractivity contribution in [2.45, 2.75) is 26.4 Å². The van der Waals surface area contributed by atoms with E-state index in [9.17, 15) is 4.39 Å². The van der Waals surface area contributed by atoms with Crippen molar-refractivity contribution in [3.05, 3.63) is 29.6 Å². The molecule has 0 radical (unpaired) electrons. The molecule has 0 aliphatic carbocycles. The van der Waals surface area contributed by atoms with Crippen molar-refractivity contribution in [2.24, 2.45) is 0 Å². The summed E-state index contributed by atoms with van der Waals surface area (Å²) in [5.74, 6) is -0.230. The van der Waals surface area contributed by atoms with Crippen LogP contribution in [0.3, 0.4) is 0 Å². The predicted molar refractivity (Wildman–Crippen MR) is 68.7 cm³/mol. The lowest BCUT2D eigenvalue weighted by molar-refractivity contribution is 0.304. The Balaban J connectivity index is 2.87. The van der Waals surface area contributed by atoms with Crippen molar-refractivity contribution in [2.75, 3.05) is 25.1 Å². The van der Waals surface area contributed by atoms with Crippen molar-refractivity contribution in [3.63, 3.8) is 0 Å². The summed E-state index contributed by atoms with van der Waals surface area (Å²) in [6, 6.07) is 5.09. The Morgan fingerprint density at radius 2 is 2.12 bits per heavy atom. The molecule has 0 aliphatic heterocycles. The molecule has 0 bridgehead atoms. The molecular formula is C13H21FN2O. The van der Waals surface area contributed by atoms with Crippen LogP contribution in [0.25, 0.3) is 0 Å². The number of likely N-dealkylation sites (N-methyl/N-ethyl adjacent to an activating group) is 1. The van der Waals surface area contributed by atoms with Crippen molar-refractivity contribution >= 4 is 5.69 Å². The summed E-state index contributed by atoms with van der Waals surface area (Å²) in [7, 11) is 1.89. The number of nitrogens with zero attached hydrogens (tertiary/aromatic N) is 1. The van der Waals surface area contributed by atoms with Gasteiger partial charge in [0.15, 0.2) is 0 Å². The van der Waals surface area contributed by atoms with Crippen molar-refractivity contribution in [1.29, 1.82) is 0 Å². The maximum atomic E-state index is 13.2. The molecule has 4 heteroatoms. The molecule has 0 aliphatic rings. The van der Waals surface area contributed by atoms with Crippen LogP contribution < -0.4 is 10.2 Å². The van der Waals surface area contributed by atoms with Gasteiger partial charge in [-0.1, -0.05) is 13.8 Å². The maximum Gasteiger partial charge on any atom is 0.123 e. The van der Waals surface area contributed by atoms with Gasteiger partial charge in [-0.25, -0.2) is 4.39 Å². The second-order valence-electron chi connectivity index (χ2n) is 4.45. The number of nitrogens with one attached hydrogen (secondary N) is 1. The van der Waals surface area contributed by atoms with E-state index < -0.39 is 0 Å². The molecule has 0 saturated heterocycles. The number of aliphatic hydroxyl groups excluding tert-OH is 1. The molecule has 0 unspecified atom stereocenters. The lowest BCUT2D eigenvalue weighted by Crippen LogP contribution is -2.26. The molecule has 0 heterocycles. The molecule has 0 saturated carbocycles. The molecule has 0 aromatic heterocycles. The molecule has 1 aromatic carbocycles. The van der Waals surface area contributed by atoms with Gasteiger partial charge in [-0.3, -0.25) is 0 Å². The summed E-state index contributed by atoms with van der Waals surface area (Å²) < 4.78 is 13.2. The van der Waals surface area contributed by atoms with E-state index in [-0.39, 0.29) is 12.4 Å². The zero-order valence-corrected chi connectivity index (χ0v) is 10.7. The topological polar surface area (TPSA) is 35.5 Å². The van der Waals surface area contributed by atoms with E-state index >= 15 is 0 Å². The van der Waals surface area contributed by atoms with Crippen LogP contribution in [-0.4, -0.2) is 31.3 Å². The number of halogens is 1. The molecule has 2 N–H and O–H groups in total. The highest BCUT2D eigenvalue weighted by Gasteiger charge is 2.08. The first-order valence-corrected chi connectivity index (χ1v) is 5.88. The monoisotopic (exact) mass is 240 g/mol. The van der Waals surface area contributed by atoms with E-state index in [0.29, 0.717) is 19.1 Å². The third kappa shape index (κ3) is 4.32. The Hall–Kier alpha value is -1.13. The maximum absolute atomic E-state index is 13.2. The third-order valence-electron chi connectivity index (χ3n) is 2.59. The second kappa shape index (κ2) is 6.57. The highest BCUT2D eigenvalue weighted by atomic mass is 19.1. The van der Waals surface area contributed by atoms with Gasteiger partial charge in [0.05, 0.1) is 6.61 Å². The van der Waals surface area contributed by atoms with Crippen LogP contribution in [0.5, 0.6) is 0 Å². The molecule has 3 nitrogen and oxygen atoms in total. The molecule has 17 heavy (non-hydrogen) atoms. The van der Waals surface area contributed by atoms with Gasteiger partial charge >= 0.3 is 0 Å². The largest absolute Gasteiger partial charge is 0.395 e. The van der Waals surface area contributed by atoms with Crippen LogP contribution >= 0.6 is 0 Å². The Bertz CT molecular complexity index is 355. The van der Waals surface area contributed by atoms with Crippen LogP contribution in [-0.2, 0) is 6.54 Å². The second-order valence-corrected chi connectivity index (χ2v) is 4.45. The van der Waals surface area contributed by atoms with Gasteiger partial charge in [0.25, 0.3) is 0 Å². The van der Waals surface area contributed by atoms with E-state index in [4.69, 9.17) is 5.11 Å². The fourth-order valence-electron chi connectivity index (χ4n) is 1.65.